The molecule has 4 nitrogen and oxygen atoms in total. The van der Waals surface area contributed by atoms with Crippen molar-refractivity contribution in [1.29, 1.82) is 0 Å². The maximum atomic E-state index is 12.1. The molecule has 2 aliphatic rings. The molecule has 2 unspecified atom stereocenters. The number of rotatable bonds is 5. The van der Waals surface area contributed by atoms with Crippen LogP contribution in [0.4, 0.5) is 0 Å². The molecule has 17 heavy (non-hydrogen) atoms. The van der Waals surface area contributed by atoms with E-state index in [-0.39, 0.29) is 5.54 Å². The van der Waals surface area contributed by atoms with Crippen molar-refractivity contribution in [2.45, 2.75) is 51.0 Å². The van der Waals surface area contributed by atoms with Crippen LogP contribution < -0.4 is 10.5 Å². The van der Waals surface area contributed by atoms with E-state index in [1.165, 1.54) is 6.42 Å². The molecule has 3 N–H and O–H groups in total. The van der Waals surface area contributed by atoms with E-state index in [2.05, 4.69) is 11.6 Å². The lowest BCUT2D eigenvalue weighted by molar-refractivity contribution is 0.191. The Morgan fingerprint density at radius 1 is 1.29 bits per heavy atom. The Morgan fingerprint density at radius 2 is 2.00 bits per heavy atom. The molecule has 2 fully saturated rings. The van der Waals surface area contributed by atoms with Crippen LogP contribution in [0.15, 0.2) is 0 Å². The fraction of sp³-hybridized carbons (Fsp3) is 1.00. The molecule has 0 aromatic heterocycles. The van der Waals surface area contributed by atoms with Crippen molar-refractivity contribution >= 4 is 10.0 Å². The highest BCUT2D eigenvalue weighted by atomic mass is 32.2. The molecule has 0 spiro atoms. The quantitative estimate of drug-likeness (QED) is 0.781. The van der Waals surface area contributed by atoms with Crippen LogP contribution in [0.1, 0.15) is 45.4 Å². The summed E-state index contributed by atoms with van der Waals surface area (Å²) in [7, 11) is -3.15. The van der Waals surface area contributed by atoms with Gasteiger partial charge in [-0.2, -0.15) is 0 Å². The van der Waals surface area contributed by atoms with Crippen molar-refractivity contribution < 1.29 is 8.42 Å². The summed E-state index contributed by atoms with van der Waals surface area (Å²) in [5, 5.41) is 0. The molecule has 0 bridgehead atoms. The lowest BCUT2D eigenvalue weighted by Crippen LogP contribution is -2.59. The molecule has 0 aromatic rings. The molecule has 0 heterocycles. The van der Waals surface area contributed by atoms with Gasteiger partial charge in [0.25, 0.3) is 0 Å². The Labute approximate surface area is 104 Å². The van der Waals surface area contributed by atoms with Crippen molar-refractivity contribution in [3.05, 3.63) is 0 Å². The van der Waals surface area contributed by atoms with E-state index in [1.54, 1.807) is 0 Å². The highest BCUT2D eigenvalue weighted by molar-refractivity contribution is 7.89. The number of nitrogens with two attached hydrogens (primary N) is 1. The van der Waals surface area contributed by atoms with Crippen molar-refractivity contribution in [3.8, 4) is 0 Å². The highest BCUT2D eigenvalue weighted by Gasteiger charge is 2.41. The Hall–Kier alpha value is -0.130. The van der Waals surface area contributed by atoms with Gasteiger partial charge in [0.05, 0.1) is 5.75 Å². The second-order valence-corrected chi connectivity index (χ2v) is 7.60. The van der Waals surface area contributed by atoms with Gasteiger partial charge in [0.2, 0.25) is 10.0 Å². The third-order valence-corrected chi connectivity index (χ3v) is 5.96. The maximum Gasteiger partial charge on any atom is 0.212 e. The van der Waals surface area contributed by atoms with E-state index < -0.39 is 10.0 Å². The first-order valence-electron chi connectivity index (χ1n) is 6.69. The summed E-state index contributed by atoms with van der Waals surface area (Å²) < 4.78 is 27.1. The molecule has 2 atom stereocenters. The minimum atomic E-state index is -3.15. The molecule has 0 amide bonds. The van der Waals surface area contributed by atoms with Crippen LogP contribution in [0.25, 0.3) is 0 Å². The van der Waals surface area contributed by atoms with Gasteiger partial charge in [0.15, 0.2) is 0 Å². The van der Waals surface area contributed by atoms with Crippen molar-refractivity contribution in [2.75, 3.05) is 12.3 Å². The molecular formula is C12H24N2O2S. The molecule has 0 radical (unpaired) electrons. The van der Waals surface area contributed by atoms with Crippen LogP contribution in [0.5, 0.6) is 0 Å². The molecule has 0 aromatic carbocycles. The predicted octanol–water partition coefficient (Wildman–Crippen LogP) is 1.22. The van der Waals surface area contributed by atoms with Gasteiger partial charge in [-0.25, -0.2) is 13.1 Å². The van der Waals surface area contributed by atoms with E-state index in [1.807, 2.05) is 0 Å². The second kappa shape index (κ2) is 4.86. The van der Waals surface area contributed by atoms with E-state index in [0.29, 0.717) is 24.1 Å². The molecule has 2 rings (SSSR count). The van der Waals surface area contributed by atoms with E-state index in [9.17, 15) is 8.42 Å². The lowest BCUT2D eigenvalue weighted by atomic mass is 9.74. The standard InChI is InChI=1S/C12H24N2O2S/c1-10-4-2-3-7-12(10,9-13)14-17(15,16)8-11-5-6-11/h10-11,14H,2-9,13H2,1H3. The SMILES string of the molecule is CC1CCCCC1(CN)NS(=O)(=O)CC1CC1. The largest absolute Gasteiger partial charge is 0.329 e. The van der Waals surface area contributed by atoms with Crippen LogP contribution in [-0.4, -0.2) is 26.3 Å². The van der Waals surface area contributed by atoms with Gasteiger partial charge in [0.1, 0.15) is 0 Å². The summed E-state index contributed by atoms with van der Waals surface area (Å²) >= 11 is 0. The monoisotopic (exact) mass is 260 g/mol. The van der Waals surface area contributed by atoms with Crippen molar-refractivity contribution in [1.82, 2.24) is 4.72 Å². The van der Waals surface area contributed by atoms with Crippen LogP contribution in [0, 0.1) is 11.8 Å². The zero-order valence-electron chi connectivity index (χ0n) is 10.6. The van der Waals surface area contributed by atoms with E-state index in [4.69, 9.17) is 5.73 Å². The normalized spacial score (nSPS) is 34.8. The average molecular weight is 260 g/mol. The molecule has 5 heteroatoms. The fourth-order valence-electron chi connectivity index (χ4n) is 2.86. The van der Waals surface area contributed by atoms with Crippen LogP contribution in [-0.2, 0) is 10.0 Å². The lowest BCUT2D eigenvalue weighted by Gasteiger charge is -2.42. The van der Waals surface area contributed by atoms with Gasteiger partial charge < -0.3 is 5.73 Å². The number of sulfonamides is 1. The first kappa shape index (κ1) is 13.3. The van der Waals surface area contributed by atoms with Gasteiger partial charge in [-0.15, -0.1) is 0 Å². The molecule has 0 saturated heterocycles. The first-order valence-corrected chi connectivity index (χ1v) is 8.34. The zero-order chi connectivity index (χ0) is 12.5. The molecule has 2 aliphatic carbocycles. The van der Waals surface area contributed by atoms with E-state index >= 15 is 0 Å². The topological polar surface area (TPSA) is 72.2 Å². The maximum absolute atomic E-state index is 12.1. The average Bonchev–Trinajstić information content (AvgIpc) is 3.04. The summed E-state index contributed by atoms with van der Waals surface area (Å²) in [6.45, 7) is 2.53. The summed E-state index contributed by atoms with van der Waals surface area (Å²) in [4.78, 5) is 0. The van der Waals surface area contributed by atoms with Crippen molar-refractivity contribution in [2.24, 2.45) is 17.6 Å². The summed E-state index contributed by atoms with van der Waals surface area (Å²) in [6.07, 6.45) is 6.34. The van der Waals surface area contributed by atoms with E-state index in [0.717, 1.165) is 32.1 Å². The summed E-state index contributed by atoms with van der Waals surface area (Å²) in [5.41, 5.74) is 5.47. The Bertz CT molecular complexity index is 365. The van der Waals surface area contributed by atoms with Gasteiger partial charge in [-0.1, -0.05) is 19.8 Å². The molecule has 100 valence electrons. The Morgan fingerprint density at radius 3 is 2.53 bits per heavy atom. The zero-order valence-corrected chi connectivity index (χ0v) is 11.4. The third-order valence-electron chi connectivity index (χ3n) is 4.33. The minimum Gasteiger partial charge on any atom is -0.329 e. The first-order chi connectivity index (χ1) is 7.97. The molecular weight excluding hydrogens is 236 g/mol. The predicted molar refractivity (Wildman–Crippen MR) is 69.1 cm³/mol. The minimum absolute atomic E-state index is 0.293. The van der Waals surface area contributed by atoms with Crippen LogP contribution in [0.3, 0.4) is 0 Å². The number of hydrogen-bond donors (Lipinski definition) is 2. The second-order valence-electron chi connectivity index (χ2n) is 5.83. The van der Waals surface area contributed by atoms with Crippen LogP contribution >= 0.6 is 0 Å². The number of hydrogen-bond acceptors (Lipinski definition) is 3. The summed E-state index contributed by atoms with van der Waals surface area (Å²) in [5.74, 6) is 1.03. The Balaban J connectivity index is 2.06. The summed E-state index contributed by atoms with van der Waals surface area (Å²) in [6, 6.07) is 0. The highest BCUT2D eigenvalue weighted by Crippen LogP contribution is 2.35. The van der Waals surface area contributed by atoms with Gasteiger partial charge in [-0.3, -0.25) is 0 Å². The van der Waals surface area contributed by atoms with Gasteiger partial charge in [-0.05, 0) is 37.5 Å². The van der Waals surface area contributed by atoms with Crippen LogP contribution in [0.2, 0.25) is 0 Å². The third kappa shape index (κ3) is 3.20. The smallest absolute Gasteiger partial charge is 0.212 e. The fourth-order valence-corrected chi connectivity index (χ4v) is 4.90. The molecule has 0 aliphatic heterocycles. The van der Waals surface area contributed by atoms with Gasteiger partial charge in [0, 0.05) is 12.1 Å². The molecule has 2 saturated carbocycles. The Kier molecular flexibility index (Phi) is 3.80. The van der Waals surface area contributed by atoms with Gasteiger partial charge >= 0.3 is 0 Å². The van der Waals surface area contributed by atoms with Crippen molar-refractivity contribution in [3.63, 3.8) is 0 Å². The number of nitrogens with one attached hydrogen (secondary N) is 1.